The van der Waals surface area contributed by atoms with Gasteiger partial charge in [-0.25, -0.2) is 0 Å². The van der Waals surface area contributed by atoms with Gasteiger partial charge in [0.05, 0.1) is 31.6 Å². The van der Waals surface area contributed by atoms with Crippen LogP contribution >= 0.6 is 11.8 Å². The van der Waals surface area contributed by atoms with Gasteiger partial charge < -0.3 is 15.2 Å². The summed E-state index contributed by atoms with van der Waals surface area (Å²) >= 11 is 1.88. The SMILES string of the molecule is CCOc1cncc(C(N)C2CSCCO2)c1. The molecular weight excluding hydrogens is 236 g/mol. The van der Waals surface area contributed by atoms with E-state index in [4.69, 9.17) is 15.2 Å². The first kappa shape index (κ1) is 12.7. The van der Waals surface area contributed by atoms with Gasteiger partial charge in [0.25, 0.3) is 0 Å². The summed E-state index contributed by atoms with van der Waals surface area (Å²) in [6.45, 7) is 3.37. The third-order valence-electron chi connectivity index (χ3n) is 2.67. The first-order valence-corrected chi connectivity index (χ1v) is 6.99. The molecule has 1 aliphatic rings. The van der Waals surface area contributed by atoms with E-state index in [9.17, 15) is 0 Å². The minimum absolute atomic E-state index is 0.0763. The molecule has 2 heterocycles. The van der Waals surface area contributed by atoms with E-state index in [2.05, 4.69) is 4.98 Å². The van der Waals surface area contributed by atoms with Gasteiger partial charge in [-0.2, -0.15) is 11.8 Å². The van der Waals surface area contributed by atoms with Gasteiger partial charge in [-0.15, -0.1) is 0 Å². The molecule has 1 aromatic rings. The zero-order chi connectivity index (χ0) is 12.1. The largest absolute Gasteiger partial charge is 0.492 e. The molecule has 0 aliphatic carbocycles. The molecule has 2 atom stereocenters. The number of nitrogens with two attached hydrogens (primary N) is 1. The Kier molecular flexibility index (Phi) is 4.65. The highest BCUT2D eigenvalue weighted by Gasteiger charge is 2.23. The molecule has 0 amide bonds. The molecule has 0 saturated carbocycles. The van der Waals surface area contributed by atoms with Gasteiger partial charge in [0.2, 0.25) is 0 Å². The Labute approximate surface area is 106 Å². The number of thioether (sulfide) groups is 1. The van der Waals surface area contributed by atoms with Crippen LogP contribution in [-0.4, -0.2) is 35.8 Å². The maximum absolute atomic E-state index is 6.20. The molecule has 0 bridgehead atoms. The Balaban J connectivity index is 2.06. The monoisotopic (exact) mass is 254 g/mol. The van der Waals surface area contributed by atoms with E-state index in [1.807, 2.05) is 24.8 Å². The van der Waals surface area contributed by atoms with E-state index in [1.54, 1.807) is 12.4 Å². The zero-order valence-electron chi connectivity index (χ0n) is 9.96. The van der Waals surface area contributed by atoms with Crippen molar-refractivity contribution < 1.29 is 9.47 Å². The van der Waals surface area contributed by atoms with E-state index in [0.29, 0.717) is 6.61 Å². The second kappa shape index (κ2) is 6.23. The van der Waals surface area contributed by atoms with Crippen molar-refractivity contribution in [2.45, 2.75) is 19.1 Å². The van der Waals surface area contributed by atoms with Crippen molar-refractivity contribution in [1.82, 2.24) is 4.98 Å². The van der Waals surface area contributed by atoms with Gasteiger partial charge in [0.15, 0.2) is 0 Å². The standard InChI is InChI=1S/C12H18N2O2S/c1-2-15-10-5-9(6-14-7-10)12(13)11-8-17-4-3-16-11/h5-7,11-12H,2-4,8,13H2,1H3. The minimum Gasteiger partial charge on any atom is -0.492 e. The molecule has 94 valence electrons. The lowest BCUT2D eigenvalue weighted by Crippen LogP contribution is -2.34. The van der Waals surface area contributed by atoms with Crippen LogP contribution in [0.25, 0.3) is 0 Å². The van der Waals surface area contributed by atoms with Crippen molar-refractivity contribution in [3.63, 3.8) is 0 Å². The first-order chi connectivity index (χ1) is 8.31. The van der Waals surface area contributed by atoms with Gasteiger partial charge in [-0.05, 0) is 18.6 Å². The van der Waals surface area contributed by atoms with E-state index < -0.39 is 0 Å². The van der Waals surface area contributed by atoms with E-state index in [0.717, 1.165) is 29.4 Å². The molecule has 1 aliphatic heterocycles. The molecule has 1 aromatic heterocycles. The first-order valence-electron chi connectivity index (χ1n) is 5.84. The number of ether oxygens (including phenoxy) is 2. The maximum atomic E-state index is 6.20. The van der Waals surface area contributed by atoms with Crippen molar-refractivity contribution in [1.29, 1.82) is 0 Å². The quantitative estimate of drug-likeness (QED) is 0.884. The maximum Gasteiger partial charge on any atom is 0.137 e. The molecule has 0 radical (unpaired) electrons. The summed E-state index contributed by atoms with van der Waals surface area (Å²) in [5.41, 5.74) is 7.18. The van der Waals surface area contributed by atoms with E-state index in [-0.39, 0.29) is 12.1 Å². The van der Waals surface area contributed by atoms with Gasteiger partial charge in [0, 0.05) is 17.7 Å². The van der Waals surface area contributed by atoms with Gasteiger partial charge in [-0.3, -0.25) is 4.98 Å². The van der Waals surface area contributed by atoms with E-state index in [1.165, 1.54) is 0 Å². The van der Waals surface area contributed by atoms with Crippen molar-refractivity contribution in [2.75, 3.05) is 24.7 Å². The van der Waals surface area contributed by atoms with Crippen LogP contribution in [0.1, 0.15) is 18.5 Å². The number of nitrogens with zero attached hydrogens (tertiary/aromatic N) is 1. The average molecular weight is 254 g/mol. The molecule has 0 spiro atoms. The Morgan fingerprint density at radius 2 is 2.53 bits per heavy atom. The van der Waals surface area contributed by atoms with Crippen molar-refractivity contribution in [2.24, 2.45) is 5.73 Å². The van der Waals surface area contributed by atoms with Crippen molar-refractivity contribution >= 4 is 11.8 Å². The van der Waals surface area contributed by atoms with Crippen LogP contribution in [0.4, 0.5) is 0 Å². The summed E-state index contributed by atoms with van der Waals surface area (Å²) in [6.07, 6.45) is 3.57. The summed E-state index contributed by atoms with van der Waals surface area (Å²) in [5.74, 6) is 2.77. The van der Waals surface area contributed by atoms with Crippen LogP contribution in [0, 0.1) is 0 Å². The Hall–Kier alpha value is -0.780. The minimum atomic E-state index is -0.129. The predicted octanol–water partition coefficient (Wildman–Crippen LogP) is 1.61. The lowest BCUT2D eigenvalue weighted by atomic mass is 10.1. The van der Waals surface area contributed by atoms with Crippen LogP contribution in [0.2, 0.25) is 0 Å². The Morgan fingerprint density at radius 3 is 3.24 bits per heavy atom. The molecule has 1 fully saturated rings. The van der Waals surface area contributed by atoms with Gasteiger partial charge in [-0.1, -0.05) is 0 Å². The van der Waals surface area contributed by atoms with Crippen LogP contribution < -0.4 is 10.5 Å². The number of hydrogen-bond acceptors (Lipinski definition) is 5. The number of aromatic nitrogens is 1. The summed E-state index contributed by atoms with van der Waals surface area (Å²) in [7, 11) is 0. The topological polar surface area (TPSA) is 57.4 Å². The smallest absolute Gasteiger partial charge is 0.137 e. The fourth-order valence-electron chi connectivity index (χ4n) is 1.79. The van der Waals surface area contributed by atoms with Crippen LogP contribution in [-0.2, 0) is 4.74 Å². The summed E-state index contributed by atoms with van der Waals surface area (Å²) in [5, 5.41) is 0. The lowest BCUT2D eigenvalue weighted by molar-refractivity contribution is 0.0568. The average Bonchev–Trinajstić information content (AvgIpc) is 2.40. The van der Waals surface area contributed by atoms with Gasteiger partial charge >= 0.3 is 0 Å². The highest BCUT2D eigenvalue weighted by molar-refractivity contribution is 7.99. The highest BCUT2D eigenvalue weighted by atomic mass is 32.2. The molecule has 2 unspecified atom stereocenters. The Morgan fingerprint density at radius 1 is 1.65 bits per heavy atom. The van der Waals surface area contributed by atoms with Crippen LogP contribution in [0.5, 0.6) is 5.75 Å². The third kappa shape index (κ3) is 3.34. The number of pyridine rings is 1. The van der Waals surface area contributed by atoms with Gasteiger partial charge in [0.1, 0.15) is 5.75 Å². The summed E-state index contributed by atoms with van der Waals surface area (Å²) in [4.78, 5) is 4.15. The van der Waals surface area contributed by atoms with E-state index >= 15 is 0 Å². The molecule has 17 heavy (non-hydrogen) atoms. The molecule has 5 heteroatoms. The summed E-state index contributed by atoms with van der Waals surface area (Å²) in [6, 6.07) is 1.82. The number of hydrogen-bond donors (Lipinski definition) is 1. The second-order valence-corrected chi connectivity index (χ2v) is 5.05. The second-order valence-electron chi connectivity index (χ2n) is 3.90. The molecular formula is C12H18N2O2S. The molecule has 2 N–H and O–H groups in total. The van der Waals surface area contributed by atoms with Crippen LogP contribution in [0.15, 0.2) is 18.5 Å². The summed E-state index contributed by atoms with van der Waals surface area (Å²) < 4.78 is 11.1. The predicted molar refractivity (Wildman–Crippen MR) is 69.4 cm³/mol. The molecule has 4 nitrogen and oxygen atoms in total. The zero-order valence-corrected chi connectivity index (χ0v) is 10.8. The van der Waals surface area contributed by atoms with Crippen molar-refractivity contribution in [3.05, 3.63) is 24.0 Å². The third-order valence-corrected chi connectivity index (χ3v) is 3.69. The molecule has 0 aromatic carbocycles. The fourth-order valence-corrected chi connectivity index (χ4v) is 2.71. The van der Waals surface area contributed by atoms with Crippen molar-refractivity contribution in [3.8, 4) is 5.75 Å². The normalized spacial score (nSPS) is 22.1. The Bertz CT molecular complexity index is 356. The number of rotatable bonds is 4. The molecule has 1 saturated heterocycles. The highest BCUT2D eigenvalue weighted by Crippen LogP contribution is 2.25. The van der Waals surface area contributed by atoms with Crippen LogP contribution in [0.3, 0.4) is 0 Å². The molecule has 2 rings (SSSR count). The lowest BCUT2D eigenvalue weighted by Gasteiger charge is -2.27. The fraction of sp³-hybridized carbons (Fsp3) is 0.583.